The smallest absolute Gasteiger partial charge is 0.265 e. The highest BCUT2D eigenvalue weighted by atomic mass is 16.5. The van der Waals surface area contributed by atoms with Crippen molar-refractivity contribution in [1.29, 1.82) is 0 Å². The maximum absolute atomic E-state index is 13.4. The second-order valence-electron chi connectivity index (χ2n) is 8.16. The van der Waals surface area contributed by atoms with E-state index in [1.807, 2.05) is 49.4 Å². The summed E-state index contributed by atoms with van der Waals surface area (Å²) >= 11 is 0. The Balaban J connectivity index is 1.73. The zero-order chi connectivity index (χ0) is 22.4. The number of aliphatic hydroxyl groups is 1. The summed E-state index contributed by atoms with van der Waals surface area (Å²) in [5.74, 6) is 0.225. The van der Waals surface area contributed by atoms with Gasteiger partial charge < -0.3 is 19.5 Å². The first-order valence-corrected chi connectivity index (χ1v) is 10.5. The molecule has 1 unspecified atom stereocenters. The second kappa shape index (κ2) is 7.89. The fraction of sp³-hybridized carbons (Fsp3) is 0.292. The summed E-state index contributed by atoms with van der Waals surface area (Å²) in [6, 6.07) is 5.38. The van der Waals surface area contributed by atoms with E-state index in [9.17, 15) is 9.59 Å². The van der Waals surface area contributed by atoms with Crippen molar-refractivity contribution in [2.24, 2.45) is 0 Å². The van der Waals surface area contributed by atoms with E-state index in [0.717, 1.165) is 11.1 Å². The molecule has 0 fully saturated rings. The number of likely N-dealkylation sites (N-methyl/N-ethyl adjacent to an activating group) is 1. The standard InChI is InChI=1S/C24H23N3O5/c1-26(2)9-10-27-23(29)19-16-13-14(31-12-11-28)7-8-15(16)21-22(20(19)24(27)30)32-18-6-4-3-5-17(18)25-21/h3-8,13,18,28H,9-12H2,1-2H3/p+1. The number of nitrogens with one attached hydrogen (secondary N) is 1. The fourth-order valence-electron chi connectivity index (χ4n) is 4.24. The van der Waals surface area contributed by atoms with Gasteiger partial charge in [0.15, 0.2) is 0 Å². The Morgan fingerprint density at radius 2 is 1.97 bits per heavy atom. The van der Waals surface area contributed by atoms with Gasteiger partial charge in [0.1, 0.15) is 17.9 Å². The van der Waals surface area contributed by atoms with Crippen LogP contribution in [0.15, 0.2) is 42.5 Å². The molecule has 0 saturated carbocycles. The first-order valence-electron chi connectivity index (χ1n) is 10.5. The Kier molecular flexibility index (Phi) is 5.03. The van der Waals surface area contributed by atoms with Crippen molar-refractivity contribution in [3.8, 4) is 11.5 Å². The van der Waals surface area contributed by atoms with Crippen molar-refractivity contribution < 1.29 is 29.2 Å². The predicted molar refractivity (Wildman–Crippen MR) is 119 cm³/mol. The molecule has 3 aliphatic rings. The summed E-state index contributed by atoms with van der Waals surface area (Å²) in [6.07, 6.45) is 7.30. The molecule has 1 atom stereocenters. The number of fused-ring (bicyclic) bond motifs is 7. The number of hydrogen-bond acceptors (Lipinski definition) is 6. The number of nitrogens with zero attached hydrogens (tertiary/aromatic N) is 2. The molecule has 0 radical (unpaired) electrons. The number of benzene rings is 2. The lowest BCUT2D eigenvalue weighted by Gasteiger charge is -2.22. The third kappa shape index (κ3) is 3.19. The molecule has 1 aliphatic carbocycles. The number of amides is 2. The zero-order valence-electron chi connectivity index (χ0n) is 17.9. The maximum atomic E-state index is 13.4. The molecular weight excluding hydrogens is 410 g/mol. The molecule has 8 nitrogen and oxygen atoms in total. The summed E-state index contributed by atoms with van der Waals surface area (Å²) in [5, 5.41) is 10.5. The molecule has 164 valence electrons. The van der Waals surface area contributed by atoms with Gasteiger partial charge in [0.25, 0.3) is 17.5 Å². The average molecular weight is 434 g/mol. The normalized spacial score (nSPS) is 18.6. The predicted octanol–water partition coefficient (Wildman–Crippen LogP) is 0.409. The van der Waals surface area contributed by atoms with Crippen molar-refractivity contribution >= 4 is 34.0 Å². The van der Waals surface area contributed by atoms with Crippen LogP contribution < -0.4 is 14.5 Å². The van der Waals surface area contributed by atoms with Crippen LogP contribution in [0.1, 0.15) is 20.7 Å². The van der Waals surface area contributed by atoms with Gasteiger partial charge in [-0.1, -0.05) is 12.2 Å². The van der Waals surface area contributed by atoms with E-state index in [0.29, 0.717) is 34.7 Å². The monoisotopic (exact) mass is 434 g/mol. The molecule has 8 heteroatoms. The van der Waals surface area contributed by atoms with Crippen LogP contribution in [0.25, 0.3) is 10.8 Å². The van der Waals surface area contributed by atoms with Crippen LogP contribution in [0.3, 0.4) is 0 Å². The van der Waals surface area contributed by atoms with E-state index in [2.05, 4.69) is 4.99 Å². The Morgan fingerprint density at radius 3 is 2.75 bits per heavy atom. The number of carbonyl (C=O) groups excluding carboxylic acids is 2. The van der Waals surface area contributed by atoms with Gasteiger partial charge in [-0.3, -0.25) is 14.5 Å². The lowest BCUT2D eigenvalue weighted by atomic mass is 9.95. The maximum Gasteiger partial charge on any atom is 0.265 e. The highest BCUT2D eigenvalue weighted by Crippen LogP contribution is 2.44. The van der Waals surface area contributed by atoms with Crippen molar-refractivity contribution in [1.82, 2.24) is 9.80 Å². The third-order valence-corrected chi connectivity index (χ3v) is 5.78. The molecule has 0 aromatic heterocycles. The summed E-state index contributed by atoms with van der Waals surface area (Å²) in [5.41, 5.74) is 2.14. The number of ether oxygens (including phenoxy) is 2. The molecule has 5 rings (SSSR count). The molecule has 2 heterocycles. The van der Waals surface area contributed by atoms with Gasteiger partial charge in [0.2, 0.25) is 17.6 Å². The molecule has 2 aliphatic heterocycles. The van der Waals surface area contributed by atoms with Crippen LogP contribution >= 0.6 is 0 Å². The number of aliphatic hydroxyl groups excluding tert-OH is 1. The molecule has 0 saturated heterocycles. The minimum absolute atomic E-state index is 0.120. The van der Waals surface area contributed by atoms with Crippen molar-refractivity contribution in [2.75, 3.05) is 40.4 Å². The summed E-state index contributed by atoms with van der Waals surface area (Å²) in [6.45, 7) is 0.862. The SMILES string of the molecule is CN(C)CCN1C(=O)c2c3c(c4ccc(OCCO)cc4c2C1=O)[NH+]=C1C=CC=CC1O3. The van der Waals surface area contributed by atoms with Gasteiger partial charge in [0, 0.05) is 24.6 Å². The lowest BCUT2D eigenvalue weighted by molar-refractivity contribution is -0.360. The van der Waals surface area contributed by atoms with E-state index in [-0.39, 0.29) is 43.2 Å². The largest absolute Gasteiger partial charge is 0.491 e. The van der Waals surface area contributed by atoms with Gasteiger partial charge in [-0.2, -0.15) is 0 Å². The van der Waals surface area contributed by atoms with Crippen LogP contribution in [-0.4, -0.2) is 78.9 Å². The van der Waals surface area contributed by atoms with Crippen LogP contribution in [0.4, 0.5) is 5.69 Å². The lowest BCUT2D eigenvalue weighted by Crippen LogP contribution is -2.71. The Bertz CT molecular complexity index is 1230. The first kappa shape index (κ1) is 20.4. The van der Waals surface area contributed by atoms with Crippen molar-refractivity contribution in [2.45, 2.75) is 6.10 Å². The Morgan fingerprint density at radius 1 is 1.16 bits per heavy atom. The van der Waals surface area contributed by atoms with Gasteiger partial charge in [-0.15, -0.1) is 0 Å². The molecular formula is C24H24N3O5+. The molecule has 32 heavy (non-hydrogen) atoms. The number of allylic oxidation sites excluding steroid dienone is 2. The van der Waals surface area contributed by atoms with Crippen LogP contribution in [0.5, 0.6) is 11.5 Å². The molecule has 2 aromatic rings. The second-order valence-corrected chi connectivity index (χ2v) is 8.16. The van der Waals surface area contributed by atoms with Gasteiger partial charge >= 0.3 is 0 Å². The van der Waals surface area contributed by atoms with E-state index >= 15 is 0 Å². The minimum Gasteiger partial charge on any atom is -0.491 e. The molecule has 0 bridgehead atoms. The van der Waals surface area contributed by atoms with E-state index < -0.39 is 0 Å². The number of hydrogen-bond donors (Lipinski definition) is 2. The minimum atomic E-state index is -0.354. The molecule has 2 amide bonds. The van der Waals surface area contributed by atoms with Gasteiger partial charge in [0.05, 0.1) is 17.6 Å². The average Bonchev–Trinajstić information content (AvgIpc) is 3.05. The van der Waals surface area contributed by atoms with Crippen molar-refractivity contribution in [3.05, 3.63) is 53.6 Å². The van der Waals surface area contributed by atoms with E-state index in [4.69, 9.17) is 14.6 Å². The highest BCUT2D eigenvalue weighted by molar-refractivity contribution is 6.29. The summed E-state index contributed by atoms with van der Waals surface area (Å²) in [7, 11) is 3.79. The van der Waals surface area contributed by atoms with Gasteiger partial charge in [-0.05, 0) is 38.4 Å². The Labute approximate surface area is 185 Å². The Hall–Kier alpha value is -3.49. The zero-order valence-corrected chi connectivity index (χ0v) is 17.9. The summed E-state index contributed by atoms with van der Waals surface area (Å²) < 4.78 is 11.8. The number of rotatable bonds is 6. The van der Waals surface area contributed by atoms with Crippen molar-refractivity contribution in [3.63, 3.8) is 0 Å². The molecule has 0 spiro atoms. The first-order chi connectivity index (χ1) is 15.5. The fourth-order valence-corrected chi connectivity index (χ4v) is 4.24. The van der Waals surface area contributed by atoms with Crippen LogP contribution in [-0.2, 0) is 0 Å². The number of carbonyl (C=O) groups is 2. The van der Waals surface area contributed by atoms with E-state index in [1.165, 1.54) is 4.90 Å². The summed E-state index contributed by atoms with van der Waals surface area (Å²) in [4.78, 5) is 33.5. The number of imide groups is 1. The van der Waals surface area contributed by atoms with Crippen LogP contribution in [0.2, 0.25) is 0 Å². The molecule has 2 N–H and O–H groups in total. The van der Waals surface area contributed by atoms with E-state index in [1.54, 1.807) is 12.1 Å². The molecule has 2 aromatic carbocycles. The highest BCUT2D eigenvalue weighted by Gasteiger charge is 2.45. The quantitative estimate of drug-likeness (QED) is 0.640. The third-order valence-electron chi connectivity index (χ3n) is 5.78. The van der Waals surface area contributed by atoms with Crippen LogP contribution in [0, 0.1) is 0 Å². The topological polar surface area (TPSA) is 93.3 Å². The van der Waals surface area contributed by atoms with Gasteiger partial charge in [-0.25, -0.2) is 4.99 Å².